The smallest absolute Gasteiger partial charge is 0.155 e. The molecule has 1 N–H and O–H groups in total. The molecule has 0 aliphatic carbocycles. The summed E-state index contributed by atoms with van der Waals surface area (Å²) >= 11 is 0. The van der Waals surface area contributed by atoms with E-state index < -0.39 is 5.60 Å². The average molecular weight is 182 g/mol. The van der Waals surface area contributed by atoms with Crippen molar-refractivity contribution in [3.05, 3.63) is 35.1 Å². The molecule has 0 bridgehead atoms. The summed E-state index contributed by atoms with van der Waals surface area (Å²) < 4.78 is 12.7. The maximum absolute atomic E-state index is 12.7. The number of aryl methyl sites for hydroxylation is 1. The van der Waals surface area contributed by atoms with E-state index in [9.17, 15) is 14.3 Å². The molecule has 70 valence electrons. The Labute approximate surface area is 76.0 Å². The van der Waals surface area contributed by atoms with Gasteiger partial charge in [-0.25, -0.2) is 4.39 Å². The zero-order chi connectivity index (χ0) is 10.1. The van der Waals surface area contributed by atoms with Gasteiger partial charge in [0.2, 0.25) is 0 Å². The van der Waals surface area contributed by atoms with Crippen molar-refractivity contribution >= 4 is 6.29 Å². The first-order chi connectivity index (χ1) is 5.97. The number of hydrogen-bond donors (Lipinski definition) is 1. The highest BCUT2D eigenvalue weighted by molar-refractivity contribution is 5.66. The highest BCUT2D eigenvalue weighted by atomic mass is 19.1. The van der Waals surface area contributed by atoms with Crippen LogP contribution in [0.3, 0.4) is 0 Å². The Kier molecular flexibility index (Phi) is 2.48. The van der Waals surface area contributed by atoms with Gasteiger partial charge in [-0.1, -0.05) is 6.07 Å². The Morgan fingerprint density at radius 2 is 2.15 bits per heavy atom. The summed E-state index contributed by atoms with van der Waals surface area (Å²) in [7, 11) is 0. The van der Waals surface area contributed by atoms with Gasteiger partial charge in [0.15, 0.2) is 6.29 Å². The molecule has 3 heteroatoms. The molecule has 0 saturated heterocycles. The number of aldehydes is 1. The number of rotatable bonds is 2. The predicted octanol–water partition coefficient (Wildman–Crippen LogP) is 1.54. The molecule has 1 rings (SSSR count). The Balaban J connectivity index is 3.23. The molecule has 0 fully saturated rings. The minimum absolute atomic E-state index is 0.372. The molecule has 0 saturated carbocycles. The molecule has 0 aliphatic heterocycles. The molecule has 1 aromatic carbocycles. The van der Waals surface area contributed by atoms with Gasteiger partial charge in [-0.2, -0.15) is 0 Å². The van der Waals surface area contributed by atoms with Crippen molar-refractivity contribution in [3.8, 4) is 0 Å². The minimum atomic E-state index is -1.53. The lowest BCUT2D eigenvalue weighted by molar-refractivity contribution is -0.123. The molecule has 1 atom stereocenters. The second kappa shape index (κ2) is 3.26. The SMILES string of the molecule is Cc1cc(F)ccc1C(C)(O)C=O. The predicted molar refractivity (Wildman–Crippen MR) is 46.8 cm³/mol. The minimum Gasteiger partial charge on any atom is -0.378 e. The zero-order valence-electron chi connectivity index (χ0n) is 7.54. The molecule has 1 aromatic rings. The summed E-state index contributed by atoms with van der Waals surface area (Å²) in [5.41, 5.74) is -0.529. The first-order valence-corrected chi connectivity index (χ1v) is 3.93. The normalized spacial score (nSPS) is 15.1. The van der Waals surface area contributed by atoms with Gasteiger partial charge in [0.05, 0.1) is 0 Å². The Morgan fingerprint density at radius 3 is 2.62 bits per heavy atom. The Morgan fingerprint density at radius 1 is 1.54 bits per heavy atom. The van der Waals surface area contributed by atoms with E-state index in [0.29, 0.717) is 17.4 Å². The molecular weight excluding hydrogens is 171 g/mol. The van der Waals surface area contributed by atoms with E-state index in [0.717, 1.165) is 0 Å². The Bertz CT molecular complexity index is 332. The number of benzene rings is 1. The van der Waals surface area contributed by atoms with Crippen LogP contribution < -0.4 is 0 Å². The van der Waals surface area contributed by atoms with Crippen LogP contribution in [0.2, 0.25) is 0 Å². The summed E-state index contributed by atoms with van der Waals surface area (Å²) in [6.07, 6.45) is 0.438. The number of carbonyl (C=O) groups is 1. The van der Waals surface area contributed by atoms with Crippen molar-refractivity contribution in [2.45, 2.75) is 19.4 Å². The van der Waals surface area contributed by atoms with Crippen LogP contribution in [0, 0.1) is 12.7 Å². The van der Waals surface area contributed by atoms with E-state index in [2.05, 4.69) is 0 Å². The van der Waals surface area contributed by atoms with Gasteiger partial charge < -0.3 is 5.11 Å². The zero-order valence-corrected chi connectivity index (χ0v) is 7.54. The van der Waals surface area contributed by atoms with Gasteiger partial charge in [0.25, 0.3) is 0 Å². The van der Waals surface area contributed by atoms with Crippen LogP contribution in [0.1, 0.15) is 18.1 Å². The number of halogens is 1. The molecule has 0 radical (unpaired) electrons. The molecular formula is C10H11FO2. The highest BCUT2D eigenvalue weighted by Gasteiger charge is 2.23. The summed E-state index contributed by atoms with van der Waals surface area (Å²) in [5.74, 6) is -0.372. The summed E-state index contributed by atoms with van der Waals surface area (Å²) in [4.78, 5) is 10.5. The molecule has 0 heterocycles. The van der Waals surface area contributed by atoms with Gasteiger partial charge in [-0.3, -0.25) is 4.79 Å². The van der Waals surface area contributed by atoms with Gasteiger partial charge in [0, 0.05) is 0 Å². The second-order valence-corrected chi connectivity index (χ2v) is 3.22. The second-order valence-electron chi connectivity index (χ2n) is 3.22. The van der Waals surface area contributed by atoms with Crippen LogP contribution in [0.4, 0.5) is 4.39 Å². The summed E-state index contributed by atoms with van der Waals surface area (Å²) in [6, 6.07) is 3.92. The molecule has 1 unspecified atom stereocenters. The van der Waals surface area contributed by atoms with Crippen molar-refractivity contribution < 1.29 is 14.3 Å². The van der Waals surface area contributed by atoms with Gasteiger partial charge in [0.1, 0.15) is 11.4 Å². The topological polar surface area (TPSA) is 37.3 Å². The first kappa shape index (κ1) is 9.86. The molecule has 0 spiro atoms. The fraction of sp³-hybridized carbons (Fsp3) is 0.300. The van der Waals surface area contributed by atoms with Crippen LogP contribution >= 0.6 is 0 Å². The van der Waals surface area contributed by atoms with E-state index >= 15 is 0 Å². The summed E-state index contributed by atoms with van der Waals surface area (Å²) in [6.45, 7) is 3.02. The van der Waals surface area contributed by atoms with Crippen molar-refractivity contribution in [1.29, 1.82) is 0 Å². The number of carbonyl (C=O) groups excluding carboxylic acids is 1. The average Bonchev–Trinajstić information content (AvgIpc) is 2.03. The fourth-order valence-corrected chi connectivity index (χ4v) is 1.26. The molecule has 13 heavy (non-hydrogen) atoms. The first-order valence-electron chi connectivity index (χ1n) is 3.93. The van der Waals surface area contributed by atoms with Crippen molar-refractivity contribution in [3.63, 3.8) is 0 Å². The lowest BCUT2D eigenvalue weighted by Gasteiger charge is -2.18. The lowest BCUT2D eigenvalue weighted by Crippen LogP contribution is -2.23. The maximum Gasteiger partial charge on any atom is 0.155 e. The lowest BCUT2D eigenvalue weighted by atomic mass is 9.93. The standard InChI is InChI=1S/C10H11FO2/c1-7-5-8(11)3-4-9(7)10(2,13)6-12/h3-6,13H,1-2H3. The molecule has 0 amide bonds. The van der Waals surface area contributed by atoms with E-state index in [1.807, 2.05) is 0 Å². The fourth-order valence-electron chi connectivity index (χ4n) is 1.26. The quantitative estimate of drug-likeness (QED) is 0.704. The van der Waals surface area contributed by atoms with Crippen molar-refractivity contribution in [2.24, 2.45) is 0 Å². The van der Waals surface area contributed by atoms with E-state index in [1.54, 1.807) is 6.92 Å². The third-order valence-corrected chi connectivity index (χ3v) is 1.96. The van der Waals surface area contributed by atoms with Gasteiger partial charge in [-0.15, -0.1) is 0 Å². The monoisotopic (exact) mass is 182 g/mol. The highest BCUT2D eigenvalue weighted by Crippen LogP contribution is 2.22. The number of aliphatic hydroxyl groups is 1. The largest absolute Gasteiger partial charge is 0.378 e. The van der Waals surface area contributed by atoms with Crippen molar-refractivity contribution in [1.82, 2.24) is 0 Å². The molecule has 0 aliphatic rings. The Hall–Kier alpha value is -1.22. The van der Waals surface area contributed by atoms with E-state index in [1.165, 1.54) is 25.1 Å². The summed E-state index contributed by atoms with van der Waals surface area (Å²) in [5, 5.41) is 9.58. The third kappa shape index (κ3) is 1.92. The molecule has 0 aromatic heterocycles. The van der Waals surface area contributed by atoms with Crippen LogP contribution in [0.5, 0.6) is 0 Å². The molecule has 2 nitrogen and oxygen atoms in total. The van der Waals surface area contributed by atoms with Gasteiger partial charge in [-0.05, 0) is 37.1 Å². The van der Waals surface area contributed by atoms with Crippen LogP contribution in [-0.2, 0) is 10.4 Å². The van der Waals surface area contributed by atoms with E-state index in [-0.39, 0.29) is 5.82 Å². The van der Waals surface area contributed by atoms with E-state index in [4.69, 9.17) is 0 Å². The number of hydrogen-bond acceptors (Lipinski definition) is 2. The van der Waals surface area contributed by atoms with Crippen LogP contribution in [-0.4, -0.2) is 11.4 Å². The van der Waals surface area contributed by atoms with Crippen LogP contribution in [0.15, 0.2) is 18.2 Å². The van der Waals surface area contributed by atoms with Crippen LogP contribution in [0.25, 0.3) is 0 Å². The third-order valence-electron chi connectivity index (χ3n) is 1.96. The maximum atomic E-state index is 12.7. The van der Waals surface area contributed by atoms with Crippen molar-refractivity contribution in [2.75, 3.05) is 0 Å². The van der Waals surface area contributed by atoms with Gasteiger partial charge >= 0.3 is 0 Å².